The summed E-state index contributed by atoms with van der Waals surface area (Å²) in [7, 11) is 0. The number of anilines is 1. The van der Waals surface area contributed by atoms with Gasteiger partial charge >= 0.3 is 5.97 Å². The summed E-state index contributed by atoms with van der Waals surface area (Å²) in [5.74, 6) is 0.555. The third-order valence-electron chi connectivity index (χ3n) is 4.32. The van der Waals surface area contributed by atoms with Gasteiger partial charge in [-0.3, -0.25) is 0 Å². The maximum Gasteiger partial charge on any atom is 0.337 e. The van der Waals surface area contributed by atoms with Gasteiger partial charge in [-0.25, -0.2) is 9.78 Å². The molecule has 0 saturated heterocycles. The largest absolute Gasteiger partial charge is 0.489 e. The van der Waals surface area contributed by atoms with Gasteiger partial charge in [-0.05, 0) is 42.8 Å². The van der Waals surface area contributed by atoms with Crippen LogP contribution in [0.2, 0.25) is 0 Å². The van der Waals surface area contributed by atoms with E-state index in [1.807, 2.05) is 55.5 Å². The number of hydrogen-bond acceptors (Lipinski definition) is 4. The Balaban J connectivity index is 1.79. The Kier molecular flexibility index (Phi) is 6.66. The van der Waals surface area contributed by atoms with E-state index in [0.29, 0.717) is 13.2 Å². The molecule has 0 radical (unpaired) electrons. The van der Waals surface area contributed by atoms with Crippen LogP contribution < -0.4 is 9.64 Å². The molecule has 0 saturated carbocycles. The standard InChI is InChI=1S/C22H21BrN2O3/c1-2-25(21-11-8-17(13-24-21)22(26)27)14-18-12-19(23)9-10-20(18)28-15-16-6-4-3-5-7-16/h3-13H,2,14-15H2,1H3,(H,26,27). The van der Waals surface area contributed by atoms with Crippen molar-refractivity contribution in [2.75, 3.05) is 11.4 Å². The van der Waals surface area contributed by atoms with E-state index in [9.17, 15) is 4.79 Å². The van der Waals surface area contributed by atoms with E-state index in [2.05, 4.69) is 25.8 Å². The number of carboxylic acids is 1. The van der Waals surface area contributed by atoms with E-state index >= 15 is 0 Å². The molecule has 1 aromatic heterocycles. The molecule has 144 valence electrons. The molecule has 6 heteroatoms. The lowest BCUT2D eigenvalue weighted by Crippen LogP contribution is -2.23. The van der Waals surface area contributed by atoms with Crippen LogP contribution in [0.15, 0.2) is 71.3 Å². The lowest BCUT2D eigenvalue weighted by molar-refractivity contribution is 0.0696. The number of rotatable bonds is 8. The third kappa shape index (κ3) is 5.10. The summed E-state index contributed by atoms with van der Waals surface area (Å²) < 4.78 is 7.04. The summed E-state index contributed by atoms with van der Waals surface area (Å²) in [5.41, 5.74) is 2.31. The van der Waals surface area contributed by atoms with Crippen LogP contribution in [0.5, 0.6) is 5.75 Å². The molecule has 0 atom stereocenters. The molecular weight excluding hydrogens is 420 g/mol. The number of pyridine rings is 1. The number of carbonyl (C=O) groups is 1. The highest BCUT2D eigenvalue weighted by Crippen LogP contribution is 2.27. The second kappa shape index (κ2) is 9.37. The minimum absolute atomic E-state index is 0.175. The highest BCUT2D eigenvalue weighted by molar-refractivity contribution is 9.10. The van der Waals surface area contributed by atoms with Crippen molar-refractivity contribution in [3.05, 3.63) is 88.0 Å². The average Bonchev–Trinajstić information content (AvgIpc) is 2.72. The number of benzene rings is 2. The average molecular weight is 441 g/mol. The highest BCUT2D eigenvalue weighted by atomic mass is 79.9. The maximum atomic E-state index is 11.0. The number of carboxylic acid groups (broad SMARTS) is 1. The molecule has 0 aliphatic rings. The lowest BCUT2D eigenvalue weighted by atomic mass is 10.1. The van der Waals surface area contributed by atoms with Crippen LogP contribution >= 0.6 is 15.9 Å². The number of aromatic nitrogens is 1. The fourth-order valence-corrected chi connectivity index (χ4v) is 3.22. The minimum atomic E-state index is -0.981. The van der Waals surface area contributed by atoms with Crippen LogP contribution in [-0.2, 0) is 13.2 Å². The molecule has 0 aliphatic heterocycles. The van der Waals surface area contributed by atoms with Crippen LogP contribution in [0.25, 0.3) is 0 Å². The second-order valence-corrected chi connectivity index (χ2v) is 7.17. The minimum Gasteiger partial charge on any atom is -0.489 e. The van der Waals surface area contributed by atoms with Gasteiger partial charge in [-0.1, -0.05) is 46.3 Å². The smallest absolute Gasteiger partial charge is 0.337 e. The van der Waals surface area contributed by atoms with E-state index in [-0.39, 0.29) is 5.56 Å². The van der Waals surface area contributed by atoms with Gasteiger partial charge in [-0.15, -0.1) is 0 Å². The Labute approximate surface area is 172 Å². The first-order chi connectivity index (χ1) is 13.6. The van der Waals surface area contributed by atoms with Gasteiger partial charge in [-0.2, -0.15) is 0 Å². The molecule has 0 amide bonds. The molecule has 1 N–H and O–H groups in total. The first-order valence-electron chi connectivity index (χ1n) is 8.96. The van der Waals surface area contributed by atoms with Crippen molar-refractivity contribution in [3.63, 3.8) is 0 Å². The van der Waals surface area contributed by atoms with E-state index in [1.165, 1.54) is 6.20 Å². The first-order valence-corrected chi connectivity index (χ1v) is 9.75. The Morgan fingerprint density at radius 1 is 1.14 bits per heavy atom. The first kappa shape index (κ1) is 19.9. The Morgan fingerprint density at radius 3 is 2.57 bits per heavy atom. The van der Waals surface area contributed by atoms with Crippen LogP contribution in [0.3, 0.4) is 0 Å². The molecule has 0 fully saturated rings. The van der Waals surface area contributed by atoms with Crippen molar-refractivity contribution in [2.24, 2.45) is 0 Å². The zero-order valence-electron chi connectivity index (χ0n) is 15.5. The van der Waals surface area contributed by atoms with Gasteiger partial charge < -0.3 is 14.7 Å². The Bertz CT molecular complexity index is 930. The zero-order chi connectivity index (χ0) is 19.9. The lowest BCUT2D eigenvalue weighted by Gasteiger charge is -2.23. The van der Waals surface area contributed by atoms with E-state index in [0.717, 1.165) is 33.7 Å². The predicted octanol–water partition coefficient (Wildman–Crippen LogP) is 5.15. The summed E-state index contributed by atoms with van der Waals surface area (Å²) >= 11 is 3.53. The molecular formula is C22H21BrN2O3. The van der Waals surface area contributed by atoms with Crippen molar-refractivity contribution in [1.29, 1.82) is 0 Å². The van der Waals surface area contributed by atoms with Gasteiger partial charge in [0, 0.05) is 29.3 Å². The van der Waals surface area contributed by atoms with Crippen molar-refractivity contribution in [1.82, 2.24) is 4.98 Å². The molecule has 3 aromatic rings. The topological polar surface area (TPSA) is 62.7 Å². The number of halogens is 1. The fourth-order valence-electron chi connectivity index (χ4n) is 2.81. The second-order valence-electron chi connectivity index (χ2n) is 6.25. The normalized spacial score (nSPS) is 10.5. The van der Waals surface area contributed by atoms with Crippen LogP contribution in [0.1, 0.15) is 28.4 Å². The van der Waals surface area contributed by atoms with Gasteiger partial charge in [0.25, 0.3) is 0 Å². The highest BCUT2D eigenvalue weighted by Gasteiger charge is 2.13. The fraction of sp³-hybridized carbons (Fsp3) is 0.182. The maximum absolute atomic E-state index is 11.0. The Morgan fingerprint density at radius 2 is 1.93 bits per heavy atom. The van der Waals surface area contributed by atoms with Gasteiger partial charge in [0.1, 0.15) is 18.2 Å². The number of hydrogen-bond donors (Lipinski definition) is 1. The van der Waals surface area contributed by atoms with Crippen LogP contribution in [-0.4, -0.2) is 22.6 Å². The van der Waals surface area contributed by atoms with E-state index in [4.69, 9.17) is 9.84 Å². The summed E-state index contributed by atoms with van der Waals surface area (Å²) in [6.45, 7) is 3.85. The third-order valence-corrected chi connectivity index (χ3v) is 4.81. The molecule has 28 heavy (non-hydrogen) atoms. The summed E-state index contributed by atoms with van der Waals surface area (Å²) in [6.07, 6.45) is 1.38. The van der Waals surface area contributed by atoms with Gasteiger partial charge in [0.05, 0.1) is 5.56 Å². The molecule has 1 heterocycles. The molecule has 2 aromatic carbocycles. The molecule has 3 rings (SSSR count). The Hall–Kier alpha value is -2.86. The van der Waals surface area contributed by atoms with Crippen molar-refractivity contribution < 1.29 is 14.6 Å². The molecule has 0 spiro atoms. The van der Waals surface area contributed by atoms with Crippen molar-refractivity contribution in [2.45, 2.75) is 20.1 Å². The van der Waals surface area contributed by atoms with Gasteiger partial charge in [0.2, 0.25) is 0 Å². The summed E-state index contributed by atoms with van der Waals surface area (Å²) in [5, 5.41) is 9.05. The number of nitrogens with zero attached hydrogens (tertiary/aromatic N) is 2. The molecule has 0 bridgehead atoms. The van der Waals surface area contributed by atoms with E-state index < -0.39 is 5.97 Å². The molecule has 0 aliphatic carbocycles. The van der Waals surface area contributed by atoms with Crippen molar-refractivity contribution in [3.8, 4) is 5.75 Å². The van der Waals surface area contributed by atoms with Gasteiger partial charge in [0.15, 0.2) is 0 Å². The van der Waals surface area contributed by atoms with Crippen LogP contribution in [0, 0.1) is 0 Å². The quantitative estimate of drug-likeness (QED) is 0.524. The number of aromatic carboxylic acids is 1. The SMILES string of the molecule is CCN(Cc1cc(Br)ccc1OCc1ccccc1)c1ccc(C(=O)O)cn1. The molecule has 5 nitrogen and oxygen atoms in total. The zero-order valence-corrected chi connectivity index (χ0v) is 17.1. The number of ether oxygens (including phenoxy) is 1. The van der Waals surface area contributed by atoms with Crippen LogP contribution in [0.4, 0.5) is 5.82 Å². The monoisotopic (exact) mass is 440 g/mol. The van der Waals surface area contributed by atoms with E-state index in [1.54, 1.807) is 12.1 Å². The van der Waals surface area contributed by atoms with Crippen molar-refractivity contribution >= 4 is 27.7 Å². The summed E-state index contributed by atoms with van der Waals surface area (Å²) in [4.78, 5) is 17.4. The summed E-state index contributed by atoms with van der Waals surface area (Å²) in [6, 6.07) is 19.3. The molecule has 0 unspecified atom stereocenters. The predicted molar refractivity (Wildman–Crippen MR) is 113 cm³/mol.